The van der Waals surface area contributed by atoms with Crippen molar-refractivity contribution in [3.8, 4) is 0 Å². The topological polar surface area (TPSA) is 50.2 Å². The fourth-order valence-electron chi connectivity index (χ4n) is 2.06. The van der Waals surface area contributed by atoms with Gasteiger partial charge in [0.15, 0.2) is 0 Å². The molecule has 0 amide bonds. The number of aromatic nitrogens is 1. The summed E-state index contributed by atoms with van der Waals surface area (Å²) in [6.45, 7) is 2.00. The zero-order valence-electron chi connectivity index (χ0n) is 10.5. The summed E-state index contributed by atoms with van der Waals surface area (Å²) in [5.41, 5.74) is 2.92. The Morgan fingerprint density at radius 3 is 2.74 bits per heavy atom. The lowest BCUT2D eigenvalue weighted by Crippen LogP contribution is -2.15. The first-order valence-electron chi connectivity index (χ1n) is 5.96. The third-order valence-electron chi connectivity index (χ3n) is 3.16. The first-order chi connectivity index (χ1) is 9.09. The fourth-order valence-corrected chi connectivity index (χ4v) is 2.58. The van der Waals surface area contributed by atoms with Gasteiger partial charge >= 0.3 is 5.97 Å². The minimum Gasteiger partial charge on any atom is -0.481 e. The molecule has 0 spiro atoms. The van der Waals surface area contributed by atoms with E-state index in [0.29, 0.717) is 6.42 Å². The lowest BCUT2D eigenvalue weighted by atomic mass is 9.91. The van der Waals surface area contributed by atoms with Crippen molar-refractivity contribution in [3.05, 3.63) is 63.9 Å². The first-order valence-corrected chi connectivity index (χ1v) is 6.75. The number of pyridine rings is 1. The number of benzene rings is 1. The summed E-state index contributed by atoms with van der Waals surface area (Å²) in [6.07, 6.45) is 3.72. The van der Waals surface area contributed by atoms with E-state index in [1.807, 2.05) is 31.2 Å². The molecule has 0 aliphatic heterocycles. The van der Waals surface area contributed by atoms with E-state index in [4.69, 9.17) is 0 Å². The number of hydrogen-bond donors (Lipinski definition) is 1. The Balaban J connectivity index is 2.35. The molecular formula is C15H14BrNO2. The zero-order chi connectivity index (χ0) is 13.8. The van der Waals surface area contributed by atoms with E-state index >= 15 is 0 Å². The molecule has 0 radical (unpaired) electrons. The van der Waals surface area contributed by atoms with Crippen LogP contribution in [0.1, 0.15) is 22.6 Å². The summed E-state index contributed by atoms with van der Waals surface area (Å²) in [6, 6.07) is 9.61. The zero-order valence-corrected chi connectivity index (χ0v) is 12.1. The normalized spacial score (nSPS) is 12.1. The maximum absolute atomic E-state index is 11.5. The molecule has 2 aromatic rings. The fraction of sp³-hybridized carbons (Fsp3) is 0.200. The van der Waals surface area contributed by atoms with Crippen LogP contribution in [0.25, 0.3) is 0 Å². The monoisotopic (exact) mass is 319 g/mol. The van der Waals surface area contributed by atoms with E-state index in [2.05, 4.69) is 20.9 Å². The molecule has 1 unspecified atom stereocenters. The van der Waals surface area contributed by atoms with E-state index in [0.717, 1.165) is 21.2 Å². The van der Waals surface area contributed by atoms with E-state index < -0.39 is 11.9 Å². The van der Waals surface area contributed by atoms with Gasteiger partial charge in [0.25, 0.3) is 0 Å². The predicted molar refractivity (Wildman–Crippen MR) is 77.2 cm³/mol. The van der Waals surface area contributed by atoms with Crippen LogP contribution in [0.3, 0.4) is 0 Å². The Labute approximate surface area is 120 Å². The van der Waals surface area contributed by atoms with Gasteiger partial charge in [-0.05, 0) is 52.0 Å². The molecular weight excluding hydrogens is 306 g/mol. The molecule has 4 heteroatoms. The van der Waals surface area contributed by atoms with Crippen molar-refractivity contribution in [3.63, 3.8) is 0 Å². The summed E-state index contributed by atoms with van der Waals surface area (Å²) in [4.78, 5) is 15.5. The standard InChI is InChI=1S/C15H14BrNO2/c1-10-4-2-3-5-11(10)8-13(15(18)19)12-6-7-17-9-14(12)16/h2-7,9,13H,8H2,1H3,(H,18,19). The van der Waals surface area contributed by atoms with E-state index in [1.54, 1.807) is 18.5 Å². The Hall–Kier alpha value is -1.68. The number of carboxylic acids is 1. The van der Waals surface area contributed by atoms with Gasteiger partial charge in [-0.1, -0.05) is 24.3 Å². The van der Waals surface area contributed by atoms with Crippen LogP contribution in [-0.4, -0.2) is 16.1 Å². The van der Waals surface area contributed by atoms with E-state index in [-0.39, 0.29) is 0 Å². The van der Waals surface area contributed by atoms with Crippen molar-refractivity contribution in [2.45, 2.75) is 19.3 Å². The van der Waals surface area contributed by atoms with Crippen LogP contribution in [0.4, 0.5) is 0 Å². The van der Waals surface area contributed by atoms with Crippen LogP contribution in [-0.2, 0) is 11.2 Å². The highest BCUT2D eigenvalue weighted by Crippen LogP contribution is 2.28. The smallest absolute Gasteiger partial charge is 0.311 e. The molecule has 0 fully saturated rings. The van der Waals surface area contributed by atoms with Crippen molar-refractivity contribution in [1.29, 1.82) is 0 Å². The second kappa shape index (κ2) is 5.97. The second-order valence-electron chi connectivity index (χ2n) is 4.42. The Bertz CT molecular complexity index is 598. The van der Waals surface area contributed by atoms with Crippen LogP contribution in [0.5, 0.6) is 0 Å². The third kappa shape index (κ3) is 3.20. The number of carboxylic acid groups (broad SMARTS) is 1. The van der Waals surface area contributed by atoms with Crippen molar-refractivity contribution in [1.82, 2.24) is 4.98 Å². The molecule has 0 saturated heterocycles. The molecule has 1 aromatic carbocycles. The van der Waals surface area contributed by atoms with Gasteiger partial charge in [0.2, 0.25) is 0 Å². The number of hydrogen-bond acceptors (Lipinski definition) is 2. The van der Waals surface area contributed by atoms with E-state index in [1.165, 1.54) is 0 Å². The molecule has 19 heavy (non-hydrogen) atoms. The molecule has 1 heterocycles. The van der Waals surface area contributed by atoms with Gasteiger partial charge < -0.3 is 5.11 Å². The summed E-state index contributed by atoms with van der Waals surface area (Å²) >= 11 is 3.37. The lowest BCUT2D eigenvalue weighted by molar-refractivity contribution is -0.138. The number of aryl methyl sites for hydroxylation is 1. The van der Waals surface area contributed by atoms with Crippen LogP contribution in [0, 0.1) is 6.92 Å². The minimum atomic E-state index is -0.824. The highest BCUT2D eigenvalue weighted by molar-refractivity contribution is 9.10. The molecule has 0 aliphatic carbocycles. The molecule has 1 aromatic heterocycles. The third-order valence-corrected chi connectivity index (χ3v) is 3.83. The molecule has 1 atom stereocenters. The summed E-state index contributed by atoms with van der Waals surface area (Å²) in [5, 5.41) is 9.46. The van der Waals surface area contributed by atoms with Crippen LogP contribution < -0.4 is 0 Å². The summed E-state index contributed by atoms with van der Waals surface area (Å²) < 4.78 is 0.732. The van der Waals surface area contributed by atoms with Crippen LogP contribution in [0.15, 0.2) is 47.2 Å². The van der Waals surface area contributed by atoms with Gasteiger partial charge in [-0.3, -0.25) is 9.78 Å². The van der Waals surface area contributed by atoms with Gasteiger partial charge in [-0.25, -0.2) is 0 Å². The number of halogens is 1. The van der Waals surface area contributed by atoms with Crippen LogP contribution >= 0.6 is 15.9 Å². The van der Waals surface area contributed by atoms with E-state index in [9.17, 15) is 9.90 Å². The van der Waals surface area contributed by atoms with Gasteiger partial charge in [-0.2, -0.15) is 0 Å². The average molecular weight is 320 g/mol. The summed E-state index contributed by atoms with van der Waals surface area (Å²) in [7, 11) is 0. The van der Waals surface area contributed by atoms with Gasteiger partial charge in [0.1, 0.15) is 0 Å². The maximum Gasteiger partial charge on any atom is 0.311 e. The number of nitrogens with zero attached hydrogens (tertiary/aromatic N) is 1. The number of aliphatic carboxylic acids is 1. The molecule has 0 saturated carbocycles. The first kappa shape index (κ1) is 13.7. The molecule has 3 nitrogen and oxygen atoms in total. The Morgan fingerprint density at radius 2 is 2.11 bits per heavy atom. The van der Waals surface area contributed by atoms with Crippen molar-refractivity contribution in [2.24, 2.45) is 0 Å². The molecule has 0 aliphatic rings. The molecule has 98 valence electrons. The summed E-state index contributed by atoms with van der Waals surface area (Å²) in [5.74, 6) is -1.39. The van der Waals surface area contributed by atoms with Crippen molar-refractivity contribution < 1.29 is 9.90 Å². The van der Waals surface area contributed by atoms with Gasteiger partial charge in [0.05, 0.1) is 5.92 Å². The van der Waals surface area contributed by atoms with Gasteiger partial charge in [-0.15, -0.1) is 0 Å². The molecule has 0 bridgehead atoms. The average Bonchev–Trinajstić information content (AvgIpc) is 2.38. The number of rotatable bonds is 4. The highest BCUT2D eigenvalue weighted by atomic mass is 79.9. The Morgan fingerprint density at radius 1 is 1.37 bits per heavy atom. The molecule has 1 N–H and O–H groups in total. The quantitative estimate of drug-likeness (QED) is 0.937. The highest BCUT2D eigenvalue weighted by Gasteiger charge is 2.23. The van der Waals surface area contributed by atoms with Crippen LogP contribution in [0.2, 0.25) is 0 Å². The maximum atomic E-state index is 11.5. The van der Waals surface area contributed by atoms with Crippen molar-refractivity contribution in [2.75, 3.05) is 0 Å². The second-order valence-corrected chi connectivity index (χ2v) is 5.27. The van der Waals surface area contributed by atoms with Gasteiger partial charge in [0, 0.05) is 16.9 Å². The molecule has 2 rings (SSSR count). The lowest BCUT2D eigenvalue weighted by Gasteiger charge is -2.15. The predicted octanol–water partition coefficient (Wildman–Crippen LogP) is 3.56. The SMILES string of the molecule is Cc1ccccc1CC(C(=O)O)c1ccncc1Br. The van der Waals surface area contributed by atoms with Crippen molar-refractivity contribution >= 4 is 21.9 Å². The largest absolute Gasteiger partial charge is 0.481 e. The Kier molecular flexibility index (Phi) is 4.32. The minimum absolute atomic E-state index is 0.477. The number of carbonyl (C=O) groups is 1.